The van der Waals surface area contributed by atoms with E-state index in [1.807, 2.05) is 13.0 Å². The van der Waals surface area contributed by atoms with Gasteiger partial charge >= 0.3 is 0 Å². The van der Waals surface area contributed by atoms with E-state index in [9.17, 15) is 14.9 Å². The molecule has 0 aliphatic rings. The van der Waals surface area contributed by atoms with Gasteiger partial charge in [0.25, 0.3) is 11.6 Å². The zero-order valence-corrected chi connectivity index (χ0v) is 14.5. The third kappa shape index (κ3) is 4.06. The van der Waals surface area contributed by atoms with E-state index in [2.05, 4.69) is 5.32 Å². The maximum absolute atomic E-state index is 12.4. The van der Waals surface area contributed by atoms with Gasteiger partial charge in [-0.05, 0) is 43.7 Å². The smallest absolute Gasteiger partial charge is 0.272 e. The number of benzene rings is 2. The van der Waals surface area contributed by atoms with Gasteiger partial charge in [0.2, 0.25) is 0 Å². The van der Waals surface area contributed by atoms with E-state index in [4.69, 9.17) is 9.47 Å². The zero-order chi connectivity index (χ0) is 18.6. The van der Waals surface area contributed by atoms with Crippen molar-refractivity contribution in [3.05, 3.63) is 63.2 Å². The minimum atomic E-state index is -0.469. The Morgan fingerprint density at radius 3 is 2.36 bits per heavy atom. The van der Waals surface area contributed by atoms with Crippen molar-refractivity contribution in [3.8, 4) is 11.5 Å². The summed E-state index contributed by atoms with van der Waals surface area (Å²) in [6.45, 7) is 3.45. The van der Waals surface area contributed by atoms with E-state index in [-0.39, 0.29) is 17.6 Å². The topological polar surface area (TPSA) is 90.7 Å². The molecule has 0 unspecified atom stereocenters. The molecule has 1 N–H and O–H groups in total. The van der Waals surface area contributed by atoms with Gasteiger partial charge in [-0.2, -0.15) is 0 Å². The first kappa shape index (κ1) is 18.3. The molecule has 7 nitrogen and oxygen atoms in total. The molecule has 0 bridgehead atoms. The minimum Gasteiger partial charge on any atom is -0.493 e. The van der Waals surface area contributed by atoms with E-state index in [1.54, 1.807) is 33.3 Å². The average Bonchev–Trinajstić information content (AvgIpc) is 2.60. The number of carbonyl (C=O) groups is 1. The number of nitro groups is 1. The van der Waals surface area contributed by atoms with E-state index in [0.29, 0.717) is 22.6 Å². The van der Waals surface area contributed by atoms with Crippen molar-refractivity contribution >= 4 is 11.6 Å². The summed E-state index contributed by atoms with van der Waals surface area (Å²) in [7, 11) is 3.10. The van der Waals surface area contributed by atoms with Crippen LogP contribution < -0.4 is 14.8 Å². The number of amides is 1. The lowest BCUT2D eigenvalue weighted by molar-refractivity contribution is -0.385. The van der Waals surface area contributed by atoms with Crippen LogP contribution in [0.1, 0.15) is 34.5 Å². The number of hydrogen-bond donors (Lipinski definition) is 1. The van der Waals surface area contributed by atoms with Crippen LogP contribution in [-0.2, 0) is 0 Å². The Morgan fingerprint density at radius 2 is 1.80 bits per heavy atom. The molecule has 7 heteroatoms. The van der Waals surface area contributed by atoms with Crippen molar-refractivity contribution in [2.24, 2.45) is 0 Å². The molecule has 0 saturated heterocycles. The number of nitrogens with one attached hydrogen (secondary N) is 1. The quantitative estimate of drug-likeness (QED) is 0.640. The maximum atomic E-state index is 12.4. The molecule has 0 aromatic heterocycles. The van der Waals surface area contributed by atoms with Crippen LogP contribution in [0.15, 0.2) is 36.4 Å². The summed E-state index contributed by atoms with van der Waals surface area (Å²) in [5, 5.41) is 13.7. The van der Waals surface area contributed by atoms with Crippen LogP contribution in [0.5, 0.6) is 11.5 Å². The van der Waals surface area contributed by atoms with Gasteiger partial charge in [0.1, 0.15) is 0 Å². The highest BCUT2D eigenvalue weighted by Crippen LogP contribution is 2.30. The highest BCUT2D eigenvalue weighted by molar-refractivity contribution is 5.95. The van der Waals surface area contributed by atoms with Gasteiger partial charge in [0.15, 0.2) is 11.5 Å². The monoisotopic (exact) mass is 344 g/mol. The van der Waals surface area contributed by atoms with Crippen LogP contribution in [-0.4, -0.2) is 25.1 Å². The second-order valence-corrected chi connectivity index (χ2v) is 5.57. The number of hydrogen-bond acceptors (Lipinski definition) is 5. The first-order valence-corrected chi connectivity index (χ1v) is 7.65. The number of nitro benzene ring substituents is 1. The number of aryl methyl sites for hydroxylation is 1. The minimum absolute atomic E-state index is 0.00973. The van der Waals surface area contributed by atoms with Crippen molar-refractivity contribution in [1.82, 2.24) is 5.32 Å². The van der Waals surface area contributed by atoms with Gasteiger partial charge in [-0.3, -0.25) is 14.9 Å². The van der Waals surface area contributed by atoms with Gasteiger partial charge in [-0.1, -0.05) is 6.07 Å². The molecule has 2 aromatic rings. The highest BCUT2D eigenvalue weighted by atomic mass is 16.6. The van der Waals surface area contributed by atoms with Gasteiger partial charge in [0, 0.05) is 17.2 Å². The summed E-state index contributed by atoms with van der Waals surface area (Å²) >= 11 is 0. The van der Waals surface area contributed by atoms with Crippen molar-refractivity contribution in [2.75, 3.05) is 14.2 Å². The fourth-order valence-corrected chi connectivity index (χ4v) is 2.49. The van der Waals surface area contributed by atoms with Crippen LogP contribution >= 0.6 is 0 Å². The largest absolute Gasteiger partial charge is 0.493 e. The zero-order valence-electron chi connectivity index (χ0n) is 14.5. The lowest BCUT2D eigenvalue weighted by Gasteiger charge is -2.16. The molecule has 0 saturated carbocycles. The summed E-state index contributed by atoms with van der Waals surface area (Å²) in [5.74, 6) is 0.878. The van der Waals surface area contributed by atoms with Crippen LogP contribution in [0.4, 0.5) is 5.69 Å². The second-order valence-electron chi connectivity index (χ2n) is 5.57. The predicted molar refractivity (Wildman–Crippen MR) is 93.3 cm³/mol. The molecule has 1 atom stereocenters. The maximum Gasteiger partial charge on any atom is 0.272 e. The Labute approximate surface area is 145 Å². The fraction of sp³-hybridized carbons (Fsp3) is 0.278. The first-order valence-electron chi connectivity index (χ1n) is 7.65. The molecular weight excluding hydrogens is 324 g/mol. The van der Waals surface area contributed by atoms with E-state index < -0.39 is 4.92 Å². The Morgan fingerprint density at radius 1 is 1.12 bits per heavy atom. The third-order valence-corrected chi connectivity index (χ3v) is 3.91. The van der Waals surface area contributed by atoms with Gasteiger partial charge in [-0.15, -0.1) is 0 Å². The van der Waals surface area contributed by atoms with E-state index in [1.165, 1.54) is 18.2 Å². The Hall–Kier alpha value is -3.09. The molecule has 0 aliphatic heterocycles. The van der Waals surface area contributed by atoms with Crippen LogP contribution in [0, 0.1) is 17.0 Å². The van der Waals surface area contributed by atoms with Crippen LogP contribution in [0.25, 0.3) is 0 Å². The highest BCUT2D eigenvalue weighted by Gasteiger charge is 2.17. The number of nitrogens with zero attached hydrogens (tertiary/aromatic N) is 1. The molecule has 2 aromatic carbocycles. The fourth-order valence-electron chi connectivity index (χ4n) is 2.49. The number of carbonyl (C=O) groups excluding carboxylic acids is 1. The van der Waals surface area contributed by atoms with Crippen LogP contribution in [0.2, 0.25) is 0 Å². The van der Waals surface area contributed by atoms with Crippen LogP contribution in [0.3, 0.4) is 0 Å². The molecule has 0 aliphatic carbocycles. The molecule has 0 spiro atoms. The summed E-state index contributed by atoms with van der Waals surface area (Å²) in [5.41, 5.74) is 1.65. The summed E-state index contributed by atoms with van der Waals surface area (Å²) in [4.78, 5) is 22.8. The van der Waals surface area contributed by atoms with Crippen molar-refractivity contribution < 1.29 is 19.2 Å². The average molecular weight is 344 g/mol. The van der Waals surface area contributed by atoms with E-state index >= 15 is 0 Å². The van der Waals surface area contributed by atoms with Gasteiger partial charge in [-0.25, -0.2) is 0 Å². The third-order valence-electron chi connectivity index (χ3n) is 3.91. The Balaban J connectivity index is 2.17. The summed E-state index contributed by atoms with van der Waals surface area (Å²) in [6.07, 6.45) is 0. The standard InChI is InChI=1S/C18H20N2O5/c1-11-9-14(5-7-15(11)20(22)23)18(21)19-12(2)13-6-8-16(24-3)17(10-13)25-4/h5-10,12H,1-4H3,(H,19,21)/t12-/m0/s1. The number of methoxy groups -OCH3 is 2. The summed E-state index contributed by atoms with van der Waals surface area (Å²) in [6, 6.07) is 9.43. The normalized spacial score (nSPS) is 11.5. The molecule has 132 valence electrons. The van der Waals surface area contributed by atoms with E-state index in [0.717, 1.165) is 5.56 Å². The number of rotatable bonds is 6. The molecule has 2 rings (SSSR count). The molecule has 0 radical (unpaired) electrons. The number of ether oxygens (including phenoxy) is 2. The predicted octanol–water partition coefficient (Wildman–Crippen LogP) is 3.41. The summed E-state index contributed by atoms with van der Waals surface area (Å²) < 4.78 is 10.5. The second kappa shape index (κ2) is 7.65. The molecule has 25 heavy (non-hydrogen) atoms. The molecule has 0 fully saturated rings. The molecule has 0 heterocycles. The van der Waals surface area contributed by atoms with Crippen molar-refractivity contribution in [2.45, 2.75) is 19.9 Å². The SMILES string of the molecule is COc1ccc([C@H](C)NC(=O)c2ccc([N+](=O)[O-])c(C)c2)cc1OC. The first-order chi connectivity index (χ1) is 11.9. The van der Waals surface area contributed by atoms with Gasteiger partial charge in [0.05, 0.1) is 25.2 Å². The lowest BCUT2D eigenvalue weighted by Crippen LogP contribution is -2.26. The molecule has 1 amide bonds. The van der Waals surface area contributed by atoms with Crippen molar-refractivity contribution in [1.29, 1.82) is 0 Å². The van der Waals surface area contributed by atoms with Gasteiger partial charge < -0.3 is 14.8 Å². The molecular formula is C18H20N2O5. The Bertz CT molecular complexity index is 804. The van der Waals surface area contributed by atoms with Crippen molar-refractivity contribution in [3.63, 3.8) is 0 Å². The lowest BCUT2D eigenvalue weighted by atomic mass is 10.1. The Kier molecular flexibility index (Phi) is 5.59.